The van der Waals surface area contributed by atoms with E-state index in [-0.39, 0.29) is 35.3 Å². The topological polar surface area (TPSA) is 57.9 Å². The van der Waals surface area contributed by atoms with Gasteiger partial charge in [0.15, 0.2) is 0 Å². The third kappa shape index (κ3) is 3.42. The van der Waals surface area contributed by atoms with Gasteiger partial charge in [0.2, 0.25) is 0 Å². The summed E-state index contributed by atoms with van der Waals surface area (Å²) in [6.07, 6.45) is 3.08. The number of nitrogens with zero attached hydrogens (tertiary/aromatic N) is 2. The molecule has 0 radical (unpaired) electrons. The Morgan fingerprint density at radius 2 is 1.14 bits per heavy atom. The fraction of sp³-hybridized carbons (Fsp3) is 0.0435. The smallest absolute Gasteiger partial charge is 0.543 e. The first kappa shape index (κ1) is 20.1. The molecule has 0 aliphatic carbocycles. The van der Waals surface area contributed by atoms with Crippen molar-refractivity contribution in [1.29, 1.82) is 0 Å². The van der Waals surface area contributed by atoms with Crippen molar-refractivity contribution in [3.63, 3.8) is 0 Å². The van der Waals surface area contributed by atoms with Crippen molar-refractivity contribution < 1.29 is 39.5 Å². The second kappa shape index (κ2) is 8.57. The predicted molar refractivity (Wildman–Crippen MR) is 101 cm³/mol. The first-order valence-electron chi connectivity index (χ1n) is 8.65. The van der Waals surface area contributed by atoms with Crippen molar-refractivity contribution in [2.24, 2.45) is 0 Å². The molecule has 0 unspecified atom stereocenters. The zero-order valence-corrected chi connectivity index (χ0v) is 17.5. The van der Waals surface area contributed by atoms with Gasteiger partial charge in [-0.15, -0.1) is 0 Å². The van der Waals surface area contributed by atoms with Gasteiger partial charge in [0, 0.05) is 6.20 Å². The molecule has 0 saturated heterocycles. The number of benzene rings is 3. The third-order valence-corrected chi connectivity index (χ3v) is 4.75. The molecule has 4 nitrogen and oxygen atoms in total. The molecule has 3 aromatic carbocycles. The number of aromatic carboxylic acids is 1. The molecule has 5 heteroatoms. The van der Waals surface area contributed by atoms with Crippen LogP contribution in [0.5, 0.6) is 0 Å². The first-order valence-corrected chi connectivity index (χ1v) is 8.65. The van der Waals surface area contributed by atoms with Crippen molar-refractivity contribution in [3.05, 3.63) is 126 Å². The van der Waals surface area contributed by atoms with Crippen LogP contribution in [0.15, 0.2) is 104 Å². The van der Waals surface area contributed by atoms with E-state index in [0.29, 0.717) is 0 Å². The normalized spacial score (nSPS) is 10.9. The quantitative estimate of drug-likeness (QED) is 0.367. The fourth-order valence-electron chi connectivity index (χ4n) is 3.60. The number of carbonyl (C=O) groups is 1. The maximum atomic E-state index is 11.4. The molecule has 4 rings (SSSR count). The van der Waals surface area contributed by atoms with Crippen molar-refractivity contribution in [1.82, 2.24) is 9.55 Å². The Hall–Kier alpha value is -2.66. The number of imidazole rings is 1. The minimum absolute atomic E-state index is 0. The van der Waals surface area contributed by atoms with Crippen molar-refractivity contribution >= 4 is 5.97 Å². The van der Waals surface area contributed by atoms with Crippen LogP contribution in [-0.4, -0.2) is 15.5 Å². The van der Waals surface area contributed by atoms with Gasteiger partial charge >= 0.3 is 29.6 Å². The number of aromatic nitrogens is 2. The number of carboxylic acid groups (broad SMARTS) is 1. The summed E-state index contributed by atoms with van der Waals surface area (Å²) in [6.45, 7) is 0. The Labute approximate surface area is 185 Å². The van der Waals surface area contributed by atoms with Gasteiger partial charge in [-0.2, -0.15) is 0 Å². The van der Waals surface area contributed by atoms with E-state index in [1.807, 2.05) is 95.6 Å². The van der Waals surface area contributed by atoms with Crippen LogP contribution in [0.1, 0.15) is 27.2 Å². The van der Waals surface area contributed by atoms with Crippen LogP contribution >= 0.6 is 0 Å². The van der Waals surface area contributed by atoms with E-state index < -0.39 is 11.5 Å². The maximum Gasteiger partial charge on any atom is 1.00 e. The molecule has 0 bridgehead atoms. The van der Waals surface area contributed by atoms with E-state index in [2.05, 4.69) is 4.98 Å². The first-order chi connectivity index (χ1) is 13.2. The molecule has 0 atom stereocenters. The van der Waals surface area contributed by atoms with E-state index in [4.69, 9.17) is 0 Å². The number of hydrogen-bond donors (Lipinski definition) is 0. The van der Waals surface area contributed by atoms with Crippen LogP contribution in [0, 0.1) is 0 Å². The second-order valence-electron chi connectivity index (χ2n) is 6.26. The van der Waals surface area contributed by atoms with Gasteiger partial charge < -0.3 is 14.5 Å². The van der Waals surface area contributed by atoms with Gasteiger partial charge in [-0.25, -0.2) is 4.98 Å². The number of hydrogen-bond acceptors (Lipinski definition) is 3. The molecule has 132 valence electrons. The average molecular weight is 376 g/mol. The fourth-order valence-corrected chi connectivity index (χ4v) is 3.60. The minimum Gasteiger partial charge on any atom is -0.543 e. The van der Waals surface area contributed by atoms with Crippen LogP contribution in [-0.2, 0) is 5.54 Å². The predicted octanol–water partition coefficient (Wildman–Crippen LogP) is 0.0908. The molecule has 0 N–H and O–H groups in total. The molecule has 0 aliphatic rings. The number of carboxylic acids is 1. The van der Waals surface area contributed by atoms with Crippen LogP contribution in [0.2, 0.25) is 0 Å². The van der Waals surface area contributed by atoms with E-state index in [0.717, 1.165) is 16.7 Å². The minimum atomic E-state index is -1.29. The van der Waals surface area contributed by atoms with Gasteiger partial charge in [-0.05, 0) is 16.7 Å². The standard InChI is InChI=1S/C23H18N2O2.Na/c26-22(27)21-16-25(17-24-21)23(18-10-4-1-5-11-18,19-12-6-2-7-13-19)20-14-8-3-9-15-20;/h1-17H,(H,26,27);/q;+1/p-1. The molecule has 0 amide bonds. The zero-order chi connectivity index (χ0) is 18.7. The van der Waals surface area contributed by atoms with Crippen molar-refractivity contribution in [3.8, 4) is 0 Å². The second-order valence-corrected chi connectivity index (χ2v) is 6.26. The largest absolute Gasteiger partial charge is 1.00 e. The third-order valence-electron chi connectivity index (χ3n) is 4.75. The van der Waals surface area contributed by atoms with Crippen LogP contribution in [0.25, 0.3) is 0 Å². The summed E-state index contributed by atoms with van der Waals surface area (Å²) in [5.74, 6) is -1.29. The Morgan fingerprint density at radius 3 is 1.46 bits per heavy atom. The molecular formula is C23H17N2NaO2. The van der Waals surface area contributed by atoms with E-state index in [1.165, 1.54) is 6.20 Å². The molecule has 28 heavy (non-hydrogen) atoms. The number of rotatable bonds is 5. The Kier molecular flexibility index (Phi) is 6.15. The SMILES string of the molecule is O=C([O-])c1cn(C(c2ccccc2)(c2ccccc2)c2ccccc2)cn1.[Na+]. The average Bonchev–Trinajstić information content (AvgIpc) is 3.22. The van der Waals surface area contributed by atoms with E-state index >= 15 is 0 Å². The Morgan fingerprint density at radius 1 is 0.750 bits per heavy atom. The maximum absolute atomic E-state index is 11.4. The van der Waals surface area contributed by atoms with Crippen molar-refractivity contribution in [2.75, 3.05) is 0 Å². The molecule has 0 saturated carbocycles. The van der Waals surface area contributed by atoms with Crippen LogP contribution < -0.4 is 34.7 Å². The Bertz CT molecular complexity index is 951. The monoisotopic (exact) mass is 376 g/mol. The van der Waals surface area contributed by atoms with Gasteiger partial charge in [-0.1, -0.05) is 91.0 Å². The summed E-state index contributed by atoms with van der Waals surface area (Å²) in [6, 6.07) is 30.0. The molecular weight excluding hydrogens is 359 g/mol. The molecule has 0 fully saturated rings. The molecule has 0 spiro atoms. The van der Waals surface area contributed by atoms with Crippen LogP contribution in [0.4, 0.5) is 0 Å². The summed E-state index contributed by atoms with van der Waals surface area (Å²) < 4.78 is 1.85. The van der Waals surface area contributed by atoms with Gasteiger partial charge in [-0.3, -0.25) is 0 Å². The summed E-state index contributed by atoms with van der Waals surface area (Å²) >= 11 is 0. The summed E-state index contributed by atoms with van der Waals surface area (Å²) in [4.78, 5) is 15.4. The Balaban J connectivity index is 0.00000225. The van der Waals surface area contributed by atoms with Gasteiger partial charge in [0.25, 0.3) is 0 Å². The van der Waals surface area contributed by atoms with Crippen LogP contribution in [0.3, 0.4) is 0 Å². The van der Waals surface area contributed by atoms with Gasteiger partial charge in [0.1, 0.15) is 11.2 Å². The summed E-state index contributed by atoms with van der Waals surface area (Å²) in [7, 11) is 0. The summed E-state index contributed by atoms with van der Waals surface area (Å²) in [5, 5.41) is 11.4. The van der Waals surface area contributed by atoms with E-state index in [9.17, 15) is 9.90 Å². The molecule has 0 aliphatic heterocycles. The number of carbonyl (C=O) groups excluding carboxylic acids is 1. The van der Waals surface area contributed by atoms with Gasteiger partial charge in [0.05, 0.1) is 12.3 Å². The summed E-state index contributed by atoms with van der Waals surface area (Å²) in [5.41, 5.74) is 2.16. The molecule has 1 heterocycles. The van der Waals surface area contributed by atoms with Crippen molar-refractivity contribution in [2.45, 2.75) is 5.54 Å². The zero-order valence-electron chi connectivity index (χ0n) is 15.5. The molecule has 4 aromatic rings. The molecule has 1 aromatic heterocycles. The van der Waals surface area contributed by atoms with E-state index in [1.54, 1.807) is 6.33 Å².